The van der Waals surface area contributed by atoms with Crippen molar-refractivity contribution in [3.63, 3.8) is 0 Å². The number of carbonyl (C=O) groups is 3. The van der Waals surface area contributed by atoms with Crippen molar-refractivity contribution in [3.8, 4) is 6.07 Å². The number of carbonyl (C=O) groups excluding carboxylic acids is 3. The molecule has 0 spiro atoms. The number of nitriles is 1. The first-order chi connectivity index (χ1) is 10.3. The van der Waals surface area contributed by atoms with Crippen LogP contribution in [0.2, 0.25) is 0 Å². The van der Waals surface area contributed by atoms with Gasteiger partial charge in [-0.25, -0.2) is 4.79 Å². The maximum Gasteiger partial charge on any atom is 0.355 e. The number of amides is 1. The minimum atomic E-state index is -0.685. The van der Waals surface area contributed by atoms with Crippen LogP contribution in [0.5, 0.6) is 0 Å². The number of rotatable bonds is 6. The van der Waals surface area contributed by atoms with Crippen LogP contribution in [0.4, 0.5) is 0 Å². The minimum absolute atomic E-state index is 0.141. The number of aryl methyl sites for hydroxylation is 1. The first-order valence-electron chi connectivity index (χ1n) is 6.77. The number of nitrogens with zero attached hydrogens (tertiary/aromatic N) is 2. The van der Waals surface area contributed by atoms with Crippen molar-refractivity contribution in [1.29, 1.82) is 5.26 Å². The van der Waals surface area contributed by atoms with Crippen LogP contribution < -0.4 is 0 Å². The highest BCUT2D eigenvalue weighted by Gasteiger charge is 2.21. The van der Waals surface area contributed by atoms with Crippen LogP contribution in [0, 0.1) is 25.2 Å². The fourth-order valence-electron chi connectivity index (χ4n) is 2.13. The fourth-order valence-corrected chi connectivity index (χ4v) is 2.13. The maximum atomic E-state index is 12.0. The third-order valence-corrected chi connectivity index (χ3v) is 3.31. The van der Waals surface area contributed by atoms with Gasteiger partial charge in [-0.3, -0.25) is 9.59 Å². The van der Waals surface area contributed by atoms with E-state index in [0.717, 1.165) is 0 Å². The van der Waals surface area contributed by atoms with Crippen molar-refractivity contribution in [2.45, 2.75) is 27.2 Å². The van der Waals surface area contributed by atoms with Gasteiger partial charge in [0, 0.05) is 24.8 Å². The van der Waals surface area contributed by atoms with Crippen LogP contribution in [-0.2, 0) is 9.53 Å². The Labute approximate surface area is 128 Å². The summed E-state index contributed by atoms with van der Waals surface area (Å²) in [4.78, 5) is 39.4. The van der Waals surface area contributed by atoms with E-state index in [1.165, 1.54) is 18.9 Å². The molecule has 7 heteroatoms. The molecule has 0 aliphatic carbocycles. The Morgan fingerprint density at radius 1 is 1.32 bits per heavy atom. The first kappa shape index (κ1) is 17.4. The third kappa shape index (κ3) is 3.95. The summed E-state index contributed by atoms with van der Waals surface area (Å²) in [6.07, 6.45) is 0.215. The largest absolute Gasteiger partial charge is 0.451 e. The molecule has 0 saturated carbocycles. The Morgan fingerprint density at radius 2 is 1.95 bits per heavy atom. The summed E-state index contributed by atoms with van der Waals surface area (Å²) >= 11 is 0. The number of aromatic amines is 1. The zero-order chi connectivity index (χ0) is 16.9. The average molecular weight is 305 g/mol. The molecule has 0 unspecified atom stereocenters. The smallest absolute Gasteiger partial charge is 0.355 e. The lowest BCUT2D eigenvalue weighted by Crippen LogP contribution is -2.32. The summed E-state index contributed by atoms with van der Waals surface area (Å²) in [6.45, 7) is 4.64. The van der Waals surface area contributed by atoms with E-state index in [0.29, 0.717) is 16.8 Å². The zero-order valence-electron chi connectivity index (χ0n) is 13.1. The molecule has 0 aliphatic heterocycles. The normalized spacial score (nSPS) is 9.95. The molecule has 0 aromatic carbocycles. The van der Waals surface area contributed by atoms with Gasteiger partial charge in [0.15, 0.2) is 12.4 Å². The quantitative estimate of drug-likeness (QED) is 0.631. The van der Waals surface area contributed by atoms with Crippen LogP contribution in [-0.4, -0.2) is 47.7 Å². The molecule has 0 aliphatic rings. The van der Waals surface area contributed by atoms with Gasteiger partial charge in [-0.05, 0) is 26.3 Å². The van der Waals surface area contributed by atoms with E-state index in [2.05, 4.69) is 4.98 Å². The van der Waals surface area contributed by atoms with Gasteiger partial charge >= 0.3 is 5.97 Å². The number of likely N-dealkylation sites (N-methyl/N-ethyl adjacent to an activating group) is 1. The average Bonchev–Trinajstić information content (AvgIpc) is 2.76. The van der Waals surface area contributed by atoms with Crippen molar-refractivity contribution in [1.82, 2.24) is 9.88 Å². The molecule has 1 rings (SSSR count). The monoisotopic (exact) mass is 305 g/mol. The van der Waals surface area contributed by atoms with E-state index in [4.69, 9.17) is 10.00 Å². The standard InChI is InChI=1S/C15H19N3O4/c1-9-13(11(3)19)10(2)17-14(9)15(21)22-8-12(20)18(4)7-5-6-16/h17H,5,7-8H2,1-4H3. The van der Waals surface area contributed by atoms with E-state index in [-0.39, 0.29) is 24.4 Å². The van der Waals surface area contributed by atoms with Gasteiger partial charge in [0.1, 0.15) is 5.69 Å². The second-order valence-corrected chi connectivity index (χ2v) is 4.98. The van der Waals surface area contributed by atoms with Crippen LogP contribution in [0.15, 0.2) is 0 Å². The Kier molecular flexibility index (Phi) is 5.87. The van der Waals surface area contributed by atoms with E-state index in [9.17, 15) is 14.4 Å². The molecule has 1 amide bonds. The molecule has 7 nitrogen and oxygen atoms in total. The second kappa shape index (κ2) is 7.41. The highest BCUT2D eigenvalue weighted by Crippen LogP contribution is 2.19. The summed E-state index contributed by atoms with van der Waals surface area (Å²) in [5.74, 6) is -1.22. The van der Waals surface area contributed by atoms with Gasteiger partial charge in [0.25, 0.3) is 5.91 Å². The Morgan fingerprint density at radius 3 is 2.45 bits per heavy atom. The topological polar surface area (TPSA) is 103 Å². The zero-order valence-corrected chi connectivity index (χ0v) is 13.1. The molecule has 118 valence electrons. The predicted octanol–water partition coefficient (Wildman–Crippen LogP) is 1.36. The number of hydrogen-bond acceptors (Lipinski definition) is 5. The number of hydrogen-bond donors (Lipinski definition) is 1. The number of aromatic nitrogens is 1. The number of nitrogens with one attached hydrogen (secondary N) is 1. The summed E-state index contributed by atoms with van der Waals surface area (Å²) in [6, 6.07) is 1.93. The van der Waals surface area contributed by atoms with Crippen molar-refractivity contribution in [2.75, 3.05) is 20.2 Å². The van der Waals surface area contributed by atoms with E-state index < -0.39 is 18.5 Å². The molecule has 1 aromatic rings. The van der Waals surface area contributed by atoms with Crippen molar-refractivity contribution in [2.24, 2.45) is 0 Å². The lowest BCUT2D eigenvalue weighted by molar-refractivity contribution is -0.133. The van der Waals surface area contributed by atoms with Crippen LogP contribution >= 0.6 is 0 Å². The summed E-state index contributed by atoms with van der Waals surface area (Å²) in [5, 5.41) is 8.46. The van der Waals surface area contributed by atoms with Crippen LogP contribution in [0.3, 0.4) is 0 Å². The van der Waals surface area contributed by atoms with Crippen molar-refractivity contribution < 1.29 is 19.1 Å². The van der Waals surface area contributed by atoms with Gasteiger partial charge < -0.3 is 14.6 Å². The van der Waals surface area contributed by atoms with E-state index in [1.54, 1.807) is 13.8 Å². The first-order valence-corrected chi connectivity index (χ1v) is 6.77. The maximum absolute atomic E-state index is 12.0. The summed E-state index contributed by atoms with van der Waals surface area (Å²) in [5.41, 5.74) is 1.74. The van der Waals surface area contributed by atoms with Gasteiger partial charge in [0.05, 0.1) is 12.5 Å². The van der Waals surface area contributed by atoms with Gasteiger partial charge in [-0.1, -0.05) is 0 Å². The molecule has 1 heterocycles. The molecule has 0 saturated heterocycles. The van der Waals surface area contributed by atoms with Crippen LogP contribution in [0.1, 0.15) is 45.4 Å². The molecule has 0 atom stereocenters. The van der Waals surface area contributed by atoms with Crippen molar-refractivity contribution >= 4 is 17.7 Å². The van der Waals surface area contributed by atoms with E-state index >= 15 is 0 Å². The number of ketones is 1. The Balaban J connectivity index is 2.71. The number of ether oxygens (including phenoxy) is 1. The Hall–Kier alpha value is -2.62. The second-order valence-electron chi connectivity index (χ2n) is 4.98. The molecule has 0 bridgehead atoms. The molecular formula is C15H19N3O4. The SMILES string of the molecule is CC(=O)c1c(C)[nH]c(C(=O)OCC(=O)N(C)CCC#N)c1C. The highest BCUT2D eigenvalue weighted by molar-refractivity contribution is 6.01. The Bertz CT molecular complexity index is 640. The summed E-state index contributed by atoms with van der Waals surface area (Å²) < 4.78 is 4.96. The minimum Gasteiger partial charge on any atom is -0.451 e. The molecule has 1 N–H and O–H groups in total. The third-order valence-electron chi connectivity index (χ3n) is 3.31. The van der Waals surface area contributed by atoms with Crippen molar-refractivity contribution in [3.05, 3.63) is 22.5 Å². The lowest BCUT2D eigenvalue weighted by Gasteiger charge is -2.15. The predicted molar refractivity (Wildman–Crippen MR) is 78.4 cm³/mol. The van der Waals surface area contributed by atoms with E-state index in [1.807, 2.05) is 6.07 Å². The lowest BCUT2D eigenvalue weighted by atomic mass is 10.1. The van der Waals surface area contributed by atoms with Crippen LogP contribution in [0.25, 0.3) is 0 Å². The number of H-pyrrole nitrogens is 1. The van der Waals surface area contributed by atoms with Gasteiger partial charge in [-0.2, -0.15) is 5.26 Å². The molecule has 0 fully saturated rings. The number of esters is 1. The molecule has 22 heavy (non-hydrogen) atoms. The molecular weight excluding hydrogens is 286 g/mol. The van der Waals surface area contributed by atoms with Gasteiger partial charge in [-0.15, -0.1) is 0 Å². The van der Waals surface area contributed by atoms with Gasteiger partial charge in [0.2, 0.25) is 0 Å². The molecule has 1 aromatic heterocycles. The number of Topliss-reactive ketones (excluding diaryl/α,β-unsaturated/α-hetero) is 1. The fraction of sp³-hybridized carbons (Fsp3) is 0.467. The highest BCUT2D eigenvalue weighted by atomic mass is 16.5. The molecule has 0 radical (unpaired) electrons. The summed E-state index contributed by atoms with van der Waals surface area (Å²) in [7, 11) is 1.53.